The molecule has 0 aliphatic rings. The molecule has 0 spiro atoms. The van der Waals surface area contributed by atoms with Gasteiger partial charge in [-0.15, -0.1) is 0 Å². The predicted octanol–water partition coefficient (Wildman–Crippen LogP) is 1.33. The van der Waals surface area contributed by atoms with E-state index in [-0.39, 0.29) is 6.10 Å². The first-order chi connectivity index (χ1) is 5.57. The smallest absolute Gasteiger partial charge is 0.132 e. The second-order valence-electron chi connectivity index (χ2n) is 2.69. The third kappa shape index (κ3) is 1.46. The molecule has 0 saturated carbocycles. The molecule has 12 heavy (non-hydrogen) atoms. The molecule has 0 radical (unpaired) electrons. The van der Waals surface area contributed by atoms with Crippen molar-refractivity contribution in [2.45, 2.75) is 20.0 Å². The molecule has 2 N–H and O–H groups in total. The van der Waals surface area contributed by atoms with Crippen molar-refractivity contribution < 1.29 is 4.84 Å². The Bertz CT molecular complexity index is 284. The number of nitrogens with zero attached hydrogens (tertiary/aromatic N) is 2. The maximum Gasteiger partial charge on any atom is 0.132 e. The van der Waals surface area contributed by atoms with E-state index in [1.807, 2.05) is 13.8 Å². The maximum atomic E-state index is 5.95. The Balaban J connectivity index is 3.13. The van der Waals surface area contributed by atoms with Gasteiger partial charge < -0.3 is 0 Å². The van der Waals surface area contributed by atoms with Gasteiger partial charge in [0.2, 0.25) is 0 Å². The third-order valence-electron chi connectivity index (χ3n) is 1.81. The Labute approximate surface area is 76.2 Å². The molecule has 68 valence electrons. The Kier molecular flexibility index (Phi) is 2.72. The van der Waals surface area contributed by atoms with E-state index in [0.717, 1.165) is 11.3 Å². The molecule has 0 aliphatic carbocycles. The summed E-state index contributed by atoms with van der Waals surface area (Å²) in [4.78, 5) is 4.67. The predicted molar refractivity (Wildman–Crippen MR) is 46.6 cm³/mol. The molecule has 4 nitrogen and oxygen atoms in total. The average Bonchev–Trinajstić information content (AvgIpc) is 2.26. The number of rotatable bonds is 2. The molecular formula is C7H12ClN3O. The van der Waals surface area contributed by atoms with E-state index in [1.54, 1.807) is 11.7 Å². The first kappa shape index (κ1) is 9.51. The summed E-state index contributed by atoms with van der Waals surface area (Å²) in [5, 5.41) is 4.70. The summed E-state index contributed by atoms with van der Waals surface area (Å²) < 4.78 is 1.60. The quantitative estimate of drug-likeness (QED) is 0.715. The zero-order valence-electron chi connectivity index (χ0n) is 7.34. The van der Waals surface area contributed by atoms with E-state index in [0.29, 0.717) is 5.15 Å². The van der Waals surface area contributed by atoms with Gasteiger partial charge in [0, 0.05) is 12.6 Å². The van der Waals surface area contributed by atoms with Gasteiger partial charge in [-0.3, -0.25) is 9.52 Å². The van der Waals surface area contributed by atoms with Gasteiger partial charge in [0.15, 0.2) is 0 Å². The second-order valence-corrected chi connectivity index (χ2v) is 3.05. The summed E-state index contributed by atoms with van der Waals surface area (Å²) in [5.74, 6) is 5.06. The third-order valence-corrected chi connectivity index (χ3v) is 2.26. The van der Waals surface area contributed by atoms with Crippen LogP contribution < -0.4 is 5.90 Å². The van der Waals surface area contributed by atoms with Crippen LogP contribution in [-0.4, -0.2) is 9.78 Å². The van der Waals surface area contributed by atoms with Crippen molar-refractivity contribution in [3.8, 4) is 0 Å². The molecule has 5 heteroatoms. The first-order valence-electron chi connectivity index (χ1n) is 3.62. The lowest BCUT2D eigenvalue weighted by Crippen LogP contribution is -2.06. The van der Waals surface area contributed by atoms with E-state index in [2.05, 4.69) is 9.94 Å². The zero-order chi connectivity index (χ0) is 9.30. The minimum atomic E-state index is -0.216. The van der Waals surface area contributed by atoms with Crippen LogP contribution in [0.25, 0.3) is 0 Å². The number of aromatic nitrogens is 2. The summed E-state index contributed by atoms with van der Waals surface area (Å²) in [7, 11) is 1.78. The van der Waals surface area contributed by atoms with Crippen molar-refractivity contribution in [2.75, 3.05) is 0 Å². The van der Waals surface area contributed by atoms with Crippen molar-refractivity contribution in [3.05, 3.63) is 16.4 Å². The summed E-state index contributed by atoms with van der Waals surface area (Å²) in [6.07, 6.45) is -0.216. The molecule has 0 fully saturated rings. The number of hydrogen-bond acceptors (Lipinski definition) is 3. The SMILES string of the molecule is Cc1nn(C)c(Cl)c1C(C)ON. The van der Waals surface area contributed by atoms with E-state index in [9.17, 15) is 0 Å². The lowest BCUT2D eigenvalue weighted by molar-refractivity contribution is 0.0660. The van der Waals surface area contributed by atoms with E-state index >= 15 is 0 Å². The normalized spacial score (nSPS) is 13.4. The number of nitrogens with two attached hydrogens (primary N) is 1. The first-order valence-corrected chi connectivity index (χ1v) is 4.00. The van der Waals surface area contributed by atoms with Gasteiger partial charge in [0.05, 0.1) is 5.69 Å². The van der Waals surface area contributed by atoms with Crippen LogP contribution in [0.4, 0.5) is 0 Å². The number of hydrogen-bond donors (Lipinski definition) is 1. The Hall–Kier alpha value is -0.580. The summed E-state index contributed by atoms with van der Waals surface area (Å²) >= 11 is 5.95. The monoisotopic (exact) mass is 189 g/mol. The van der Waals surface area contributed by atoms with Crippen LogP contribution in [0, 0.1) is 6.92 Å². The molecule has 1 atom stereocenters. The fourth-order valence-corrected chi connectivity index (χ4v) is 1.50. The van der Waals surface area contributed by atoms with Crippen LogP contribution in [0.15, 0.2) is 0 Å². The Morgan fingerprint density at radius 2 is 2.25 bits per heavy atom. The summed E-state index contributed by atoms with van der Waals surface area (Å²) in [6, 6.07) is 0. The van der Waals surface area contributed by atoms with Gasteiger partial charge in [-0.2, -0.15) is 5.10 Å². The van der Waals surface area contributed by atoms with Gasteiger partial charge in [-0.05, 0) is 13.8 Å². The van der Waals surface area contributed by atoms with Crippen molar-refractivity contribution in [1.82, 2.24) is 9.78 Å². The van der Waals surface area contributed by atoms with Crippen LogP contribution in [0.3, 0.4) is 0 Å². The highest BCUT2D eigenvalue weighted by Crippen LogP contribution is 2.26. The molecule has 0 aromatic carbocycles. The minimum absolute atomic E-state index is 0.216. The van der Waals surface area contributed by atoms with Crippen LogP contribution in [0.5, 0.6) is 0 Å². The van der Waals surface area contributed by atoms with Crippen molar-refractivity contribution in [3.63, 3.8) is 0 Å². The fraction of sp³-hybridized carbons (Fsp3) is 0.571. The van der Waals surface area contributed by atoms with Crippen molar-refractivity contribution in [1.29, 1.82) is 0 Å². The summed E-state index contributed by atoms with van der Waals surface area (Å²) in [5.41, 5.74) is 1.70. The topological polar surface area (TPSA) is 53.1 Å². The molecule has 1 unspecified atom stereocenters. The highest BCUT2D eigenvalue weighted by molar-refractivity contribution is 6.30. The molecule has 0 saturated heterocycles. The largest absolute Gasteiger partial charge is 0.297 e. The van der Waals surface area contributed by atoms with Crippen LogP contribution >= 0.6 is 11.6 Å². The molecule has 1 aromatic heterocycles. The van der Waals surface area contributed by atoms with Crippen molar-refractivity contribution in [2.24, 2.45) is 12.9 Å². The number of halogens is 1. The zero-order valence-corrected chi connectivity index (χ0v) is 8.09. The number of aryl methyl sites for hydroxylation is 2. The molecule has 1 rings (SSSR count). The average molecular weight is 190 g/mol. The molecule has 1 aromatic rings. The fourth-order valence-electron chi connectivity index (χ4n) is 1.18. The van der Waals surface area contributed by atoms with Crippen molar-refractivity contribution >= 4 is 11.6 Å². The van der Waals surface area contributed by atoms with E-state index < -0.39 is 0 Å². The van der Waals surface area contributed by atoms with Crippen LogP contribution in [0.1, 0.15) is 24.3 Å². The standard InChI is InChI=1S/C7H12ClN3O/c1-4-6(5(2)12-9)7(8)11(3)10-4/h5H,9H2,1-3H3. The minimum Gasteiger partial charge on any atom is -0.297 e. The second kappa shape index (κ2) is 3.43. The molecular weight excluding hydrogens is 178 g/mol. The molecule has 1 heterocycles. The van der Waals surface area contributed by atoms with Crippen LogP contribution in [-0.2, 0) is 11.9 Å². The lowest BCUT2D eigenvalue weighted by Gasteiger charge is -2.07. The van der Waals surface area contributed by atoms with Gasteiger partial charge in [-0.1, -0.05) is 11.6 Å². The van der Waals surface area contributed by atoms with Crippen LogP contribution in [0.2, 0.25) is 5.15 Å². The summed E-state index contributed by atoms with van der Waals surface area (Å²) in [6.45, 7) is 3.70. The lowest BCUT2D eigenvalue weighted by atomic mass is 10.2. The van der Waals surface area contributed by atoms with E-state index in [4.69, 9.17) is 17.5 Å². The highest BCUT2D eigenvalue weighted by atomic mass is 35.5. The Morgan fingerprint density at radius 3 is 2.58 bits per heavy atom. The van der Waals surface area contributed by atoms with E-state index in [1.165, 1.54) is 0 Å². The molecule has 0 aliphatic heterocycles. The van der Waals surface area contributed by atoms with Gasteiger partial charge in [0.25, 0.3) is 0 Å². The maximum absolute atomic E-state index is 5.95. The molecule has 0 amide bonds. The Morgan fingerprint density at radius 1 is 1.67 bits per heavy atom. The van der Waals surface area contributed by atoms with Gasteiger partial charge in [-0.25, -0.2) is 5.90 Å². The molecule has 0 bridgehead atoms. The van der Waals surface area contributed by atoms with Gasteiger partial charge >= 0.3 is 0 Å². The highest BCUT2D eigenvalue weighted by Gasteiger charge is 2.17. The van der Waals surface area contributed by atoms with Gasteiger partial charge in [0.1, 0.15) is 11.3 Å².